The molecule has 16 heteroatoms. The van der Waals surface area contributed by atoms with Gasteiger partial charge in [0.1, 0.15) is 40.8 Å². The Balaban J connectivity index is 1.63. The molecule has 10 N–H and O–H groups in total. The maximum absolute atomic E-state index is 13.7. The van der Waals surface area contributed by atoms with Crippen molar-refractivity contribution >= 4 is 16.9 Å². The van der Waals surface area contributed by atoms with E-state index in [-0.39, 0.29) is 11.1 Å². The van der Waals surface area contributed by atoms with Gasteiger partial charge in [-0.3, -0.25) is 4.79 Å². The number of benzene rings is 3. The number of ether oxygens (including phenoxy) is 3. The van der Waals surface area contributed by atoms with E-state index < -0.39 is 111 Å². The zero-order valence-corrected chi connectivity index (χ0v) is 22.1. The van der Waals surface area contributed by atoms with Gasteiger partial charge in [0.25, 0.3) is 0 Å². The maximum Gasteiger partial charge on any atom is 0.339 e. The summed E-state index contributed by atoms with van der Waals surface area (Å²) in [5, 5.41) is 99.8. The van der Waals surface area contributed by atoms with E-state index in [0.29, 0.717) is 0 Å². The molecule has 1 fully saturated rings. The van der Waals surface area contributed by atoms with Crippen LogP contribution in [0, 0.1) is 0 Å². The highest BCUT2D eigenvalue weighted by atomic mass is 16.7. The van der Waals surface area contributed by atoms with Gasteiger partial charge < -0.3 is 69.7 Å². The van der Waals surface area contributed by atoms with Crippen LogP contribution in [0.3, 0.4) is 0 Å². The zero-order valence-electron chi connectivity index (χ0n) is 22.1. The lowest BCUT2D eigenvalue weighted by Gasteiger charge is -2.41. The number of aliphatic hydroxyl groups is 3. The lowest BCUT2D eigenvalue weighted by atomic mass is 9.99. The van der Waals surface area contributed by atoms with Crippen molar-refractivity contribution in [2.75, 3.05) is 6.61 Å². The van der Waals surface area contributed by atoms with Crippen molar-refractivity contribution in [3.05, 3.63) is 58.3 Å². The molecule has 4 aromatic rings. The molecule has 1 saturated heterocycles. The van der Waals surface area contributed by atoms with Gasteiger partial charge >= 0.3 is 5.97 Å². The number of phenols is 7. The number of phenolic OH excluding ortho intramolecular Hbond substituents is 7. The smallest absolute Gasteiger partial charge is 0.339 e. The molecule has 0 amide bonds. The minimum atomic E-state index is -2.03. The van der Waals surface area contributed by atoms with E-state index in [4.69, 9.17) is 18.6 Å². The van der Waals surface area contributed by atoms with Crippen LogP contribution in [0.1, 0.15) is 10.4 Å². The second-order valence-electron chi connectivity index (χ2n) is 9.69. The molecule has 5 atom stereocenters. The normalized spacial score (nSPS) is 21.7. The van der Waals surface area contributed by atoms with Crippen LogP contribution in [0.15, 0.2) is 51.7 Å². The Kier molecular flexibility index (Phi) is 7.75. The number of esters is 1. The lowest BCUT2D eigenvalue weighted by Crippen LogP contribution is -2.61. The summed E-state index contributed by atoms with van der Waals surface area (Å²) in [4.78, 5) is 26.6. The molecule has 0 spiro atoms. The average molecular weight is 616 g/mol. The van der Waals surface area contributed by atoms with Gasteiger partial charge in [-0.05, 0) is 30.3 Å². The van der Waals surface area contributed by atoms with Crippen LogP contribution in [-0.4, -0.2) is 94.3 Å². The van der Waals surface area contributed by atoms with Gasteiger partial charge in [0.2, 0.25) is 17.5 Å². The second kappa shape index (κ2) is 11.3. The van der Waals surface area contributed by atoms with Crippen LogP contribution in [0.4, 0.5) is 0 Å². The van der Waals surface area contributed by atoms with E-state index in [2.05, 4.69) is 0 Å². The van der Waals surface area contributed by atoms with Crippen molar-refractivity contribution in [3.63, 3.8) is 0 Å². The topological polar surface area (TPSA) is 277 Å². The molecule has 1 aliphatic heterocycles. The van der Waals surface area contributed by atoms with Crippen molar-refractivity contribution in [2.45, 2.75) is 30.7 Å². The summed E-state index contributed by atoms with van der Waals surface area (Å²) in [5.74, 6) is -7.70. The van der Waals surface area contributed by atoms with Gasteiger partial charge in [-0.15, -0.1) is 0 Å². The molecule has 0 aliphatic carbocycles. The fraction of sp³-hybridized carbons (Fsp3) is 0.214. The monoisotopic (exact) mass is 616 g/mol. The first-order valence-electron chi connectivity index (χ1n) is 12.6. The predicted molar refractivity (Wildman–Crippen MR) is 144 cm³/mol. The molecule has 232 valence electrons. The Morgan fingerprint density at radius 2 is 1.50 bits per heavy atom. The first-order chi connectivity index (χ1) is 20.8. The summed E-state index contributed by atoms with van der Waals surface area (Å²) in [5.41, 5.74) is -2.05. The van der Waals surface area contributed by atoms with Crippen molar-refractivity contribution in [3.8, 4) is 57.3 Å². The molecule has 16 nitrogen and oxygen atoms in total. The lowest BCUT2D eigenvalue weighted by molar-refractivity contribution is -0.276. The Morgan fingerprint density at radius 3 is 2.14 bits per heavy atom. The SMILES string of the molecule is O=C(O[C@H]1[C@@H](Oc2c(-c3ccc(O)c(O)c3)oc3cc(O)cc(O)c3c2=O)O[C@H](CO)[C@H](O)[C@H]1O)c1cc(O)c(O)c(O)c1. The van der Waals surface area contributed by atoms with Crippen LogP contribution in [0.25, 0.3) is 22.3 Å². The molecular formula is C28H24O16. The molecule has 0 unspecified atom stereocenters. The molecule has 0 bridgehead atoms. The van der Waals surface area contributed by atoms with E-state index >= 15 is 0 Å². The highest BCUT2D eigenvalue weighted by molar-refractivity contribution is 5.91. The number of hydrogen-bond acceptors (Lipinski definition) is 16. The summed E-state index contributed by atoms with van der Waals surface area (Å²) < 4.78 is 22.3. The van der Waals surface area contributed by atoms with Crippen molar-refractivity contribution in [1.29, 1.82) is 0 Å². The van der Waals surface area contributed by atoms with Crippen molar-refractivity contribution in [1.82, 2.24) is 0 Å². The minimum absolute atomic E-state index is 0.0872. The number of fused-ring (bicyclic) bond motifs is 1. The first-order valence-corrected chi connectivity index (χ1v) is 12.6. The van der Waals surface area contributed by atoms with Gasteiger partial charge in [0.15, 0.2) is 40.6 Å². The molecule has 0 saturated carbocycles. The van der Waals surface area contributed by atoms with Gasteiger partial charge in [-0.1, -0.05) is 0 Å². The summed E-state index contributed by atoms with van der Waals surface area (Å²) in [6.07, 6.45) is -9.44. The Morgan fingerprint density at radius 1 is 0.818 bits per heavy atom. The summed E-state index contributed by atoms with van der Waals surface area (Å²) >= 11 is 0. The van der Waals surface area contributed by atoms with Gasteiger partial charge in [-0.25, -0.2) is 4.79 Å². The summed E-state index contributed by atoms with van der Waals surface area (Å²) in [7, 11) is 0. The quantitative estimate of drug-likeness (QED) is 0.104. The standard InChI is InChI=1S/C28H24O16/c29-8-18-21(37)23(39)26(43-27(40)10-4-15(34)20(36)16(35)5-10)28(42-18)44-25-22(38)19-14(33)6-11(30)7-17(19)41-24(25)9-1-2-12(31)13(32)3-9/h1-7,18,21,23,26,28-37,39H,8H2/t18-,21+,23-,26-,28-/m1/s1. The number of carbonyl (C=O) groups is 1. The van der Waals surface area contributed by atoms with Gasteiger partial charge in [0, 0.05) is 17.7 Å². The largest absolute Gasteiger partial charge is 0.508 e. The maximum atomic E-state index is 13.7. The molecule has 3 aromatic carbocycles. The fourth-order valence-electron chi connectivity index (χ4n) is 4.54. The molecule has 1 aliphatic rings. The molecule has 0 radical (unpaired) electrons. The number of hydrogen-bond donors (Lipinski definition) is 10. The predicted octanol–water partition coefficient (Wildman–Crippen LogP) is 0.443. The first kappa shape index (κ1) is 30.1. The second-order valence-corrected chi connectivity index (χ2v) is 9.69. The average Bonchev–Trinajstić information content (AvgIpc) is 2.97. The Hall–Kier alpha value is -5.42. The van der Waals surface area contributed by atoms with Crippen LogP contribution in [0.2, 0.25) is 0 Å². The van der Waals surface area contributed by atoms with Crippen LogP contribution < -0.4 is 10.2 Å². The number of carbonyl (C=O) groups excluding carboxylic acids is 1. The van der Waals surface area contributed by atoms with Crippen LogP contribution in [-0.2, 0) is 9.47 Å². The summed E-state index contributed by atoms with van der Waals surface area (Å²) in [6.45, 7) is -0.885. The third kappa shape index (κ3) is 5.29. The van der Waals surface area contributed by atoms with Crippen molar-refractivity contribution < 1.29 is 74.5 Å². The Bertz CT molecular complexity index is 1790. The number of aliphatic hydroxyl groups excluding tert-OH is 3. The van der Waals surface area contributed by atoms with Gasteiger partial charge in [0.05, 0.1) is 12.2 Å². The van der Waals surface area contributed by atoms with E-state index in [1.54, 1.807) is 0 Å². The molecule has 2 heterocycles. The zero-order chi connectivity index (χ0) is 32.0. The Labute approximate surface area is 244 Å². The third-order valence-corrected chi connectivity index (χ3v) is 6.76. The number of rotatable bonds is 6. The van der Waals surface area contributed by atoms with Crippen LogP contribution >= 0.6 is 0 Å². The van der Waals surface area contributed by atoms with Gasteiger partial charge in [-0.2, -0.15) is 0 Å². The minimum Gasteiger partial charge on any atom is -0.508 e. The summed E-state index contributed by atoms with van der Waals surface area (Å²) in [6, 6.07) is 6.51. The van der Waals surface area contributed by atoms with E-state index in [9.17, 15) is 60.7 Å². The highest BCUT2D eigenvalue weighted by Gasteiger charge is 2.48. The van der Waals surface area contributed by atoms with Crippen molar-refractivity contribution in [2.24, 2.45) is 0 Å². The van der Waals surface area contributed by atoms with E-state index in [1.165, 1.54) is 6.07 Å². The fourth-order valence-corrected chi connectivity index (χ4v) is 4.54. The van der Waals surface area contributed by atoms with Crippen LogP contribution in [0.5, 0.6) is 46.0 Å². The van der Waals surface area contributed by atoms with E-state index in [0.717, 1.165) is 36.4 Å². The molecular weight excluding hydrogens is 592 g/mol. The number of aromatic hydroxyl groups is 7. The third-order valence-electron chi connectivity index (χ3n) is 6.76. The molecule has 5 rings (SSSR count). The molecule has 44 heavy (non-hydrogen) atoms. The highest BCUT2D eigenvalue weighted by Crippen LogP contribution is 2.40. The molecule has 1 aromatic heterocycles. The van der Waals surface area contributed by atoms with E-state index in [1.807, 2.05) is 0 Å².